The molecule has 0 atom stereocenters. The molecule has 1 aliphatic rings. The number of carbonyl (C=O) groups excluding carboxylic acids is 1. The smallest absolute Gasteiger partial charge is 0.339 e. The van der Waals surface area contributed by atoms with Crippen LogP contribution in [0.5, 0.6) is 5.75 Å². The summed E-state index contributed by atoms with van der Waals surface area (Å²) in [5.74, 6) is -0.319. The number of aryl methyl sites for hydroxylation is 1. The van der Waals surface area contributed by atoms with Crippen LogP contribution in [0.1, 0.15) is 11.1 Å². The standard InChI is InChI=1S/C23H16ClN3O6S2/c1-14-5-8-18(9-6-14)35(31,32)33-17-4-2-3-15(11-17)12-21-22(28)26-23(34-21)25-20-10-7-16(27(29)30)13-19(20)24/h2-13H,1H3,(H,25,26,28)/b21-12+. The highest BCUT2D eigenvalue weighted by molar-refractivity contribution is 8.18. The molecular formula is C23H16ClN3O6S2. The molecule has 0 saturated carbocycles. The second-order valence-electron chi connectivity index (χ2n) is 7.30. The van der Waals surface area contributed by atoms with E-state index in [4.69, 9.17) is 15.8 Å². The topological polar surface area (TPSA) is 128 Å². The highest BCUT2D eigenvalue weighted by Gasteiger charge is 2.24. The van der Waals surface area contributed by atoms with Crippen molar-refractivity contribution in [3.8, 4) is 5.75 Å². The summed E-state index contributed by atoms with van der Waals surface area (Å²) in [5, 5.41) is 13.8. The van der Waals surface area contributed by atoms with Gasteiger partial charge in [0.15, 0.2) is 5.17 Å². The first-order valence-electron chi connectivity index (χ1n) is 9.95. The zero-order valence-electron chi connectivity index (χ0n) is 18.0. The fourth-order valence-corrected chi connectivity index (χ4v) is 4.95. The van der Waals surface area contributed by atoms with E-state index in [1.807, 2.05) is 6.92 Å². The van der Waals surface area contributed by atoms with Crippen molar-refractivity contribution in [2.75, 3.05) is 0 Å². The van der Waals surface area contributed by atoms with Gasteiger partial charge >= 0.3 is 10.1 Å². The van der Waals surface area contributed by atoms with Crippen molar-refractivity contribution in [2.45, 2.75) is 11.8 Å². The van der Waals surface area contributed by atoms with E-state index in [0.29, 0.717) is 10.5 Å². The first kappa shape index (κ1) is 24.5. The van der Waals surface area contributed by atoms with Crippen LogP contribution in [-0.2, 0) is 14.9 Å². The Hall–Kier alpha value is -3.67. The Balaban J connectivity index is 1.53. The monoisotopic (exact) mass is 529 g/mol. The molecule has 0 radical (unpaired) electrons. The van der Waals surface area contributed by atoms with Crippen LogP contribution >= 0.6 is 23.4 Å². The zero-order valence-corrected chi connectivity index (χ0v) is 20.4. The molecule has 0 bridgehead atoms. The second kappa shape index (κ2) is 9.90. The predicted molar refractivity (Wildman–Crippen MR) is 134 cm³/mol. The van der Waals surface area contributed by atoms with Gasteiger partial charge in [0.1, 0.15) is 10.6 Å². The molecule has 178 valence electrons. The summed E-state index contributed by atoms with van der Waals surface area (Å²) >= 11 is 7.11. The van der Waals surface area contributed by atoms with Gasteiger partial charge in [-0.3, -0.25) is 14.9 Å². The minimum absolute atomic E-state index is 0.0309. The fourth-order valence-electron chi connectivity index (χ4n) is 2.98. The van der Waals surface area contributed by atoms with Crippen LogP contribution in [0.4, 0.5) is 11.4 Å². The third-order valence-corrected chi connectivity index (χ3v) is 7.16. The molecule has 1 aliphatic heterocycles. The molecular weight excluding hydrogens is 514 g/mol. The molecule has 4 rings (SSSR count). The number of nitro groups is 1. The van der Waals surface area contributed by atoms with Crippen LogP contribution < -0.4 is 9.50 Å². The number of non-ortho nitro benzene ring substituents is 1. The number of amidine groups is 1. The Labute approximate surface area is 209 Å². The maximum Gasteiger partial charge on any atom is 0.339 e. The van der Waals surface area contributed by atoms with E-state index in [1.54, 1.807) is 30.3 Å². The molecule has 35 heavy (non-hydrogen) atoms. The molecule has 1 heterocycles. The van der Waals surface area contributed by atoms with Gasteiger partial charge in [-0.25, -0.2) is 4.99 Å². The molecule has 0 unspecified atom stereocenters. The number of aliphatic imine (C=N–C) groups is 1. The molecule has 12 heteroatoms. The van der Waals surface area contributed by atoms with Gasteiger partial charge in [-0.2, -0.15) is 8.42 Å². The van der Waals surface area contributed by atoms with E-state index in [9.17, 15) is 23.3 Å². The van der Waals surface area contributed by atoms with Crippen LogP contribution in [0, 0.1) is 17.0 Å². The largest absolute Gasteiger partial charge is 0.379 e. The van der Waals surface area contributed by atoms with Gasteiger partial charge in [-0.15, -0.1) is 0 Å². The summed E-state index contributed by atoms with van der Waals surface area (Å²) in [6, 6.07) is 16.4. The number of carbonyl (C=O) groups is 1. The van der Waals surface area contributed by atoms with Crippen LogP contribution in [0.3, 0.4) is 0 Å². The first-order chi connectivity index (χ1) is 16.6. The fraction of sp³-hybridized carbons (Fsp3) is 0.0435. The van der Waals surface area contributed by atoms with Crippen LogP contribution in [0.25, 0.3) is 6.08 Å². The average Bonchev–Trinajstić information content (AvgIpc) is 3.13. The number of nitro benzene ring substituents is 1. The van der Waals surface area contributed by atoms with Crippen molar-refractivity contribution in [3.05, 3.63) is 97.9 Å². The Morgan fingerprint density at radius 2 is 1.86 bits per heavy atom. The molecule has 0 spiro atoms. The highest BCUT2D eigenvalue weighted by Crippen LogP contribution is 2.33. The van der Waals surface area contributed by atoms with Crippen molar-refractivity contribution in [2.24, 2.45) is 4.99 Å². The van der Waals surface area contributed by atoms with Crippen LogP contribution in [-0.4, -0.2) is 24.4 Å². The lowest BCUT2D eigenvalue weighted by Gasteiger charge is -2.08. The predicted octanol–water partition coefficient (Wildman–Crippen LogP) is 5.22. The number of hydrogen-bond acceptors (Lipinski definition) is 8. The molecule has 1 fully saturated rings. The van der Waals surface area contributed by atoms with Gasteiger partial charge in [-0.1, -0.05) is 41.4 Å². The molecule has 1 saturated heterocycles. The lowest BCUT2D eigenvalue weighted by atomic mass is 10.2. The van der Waals surface area contributed by atoms with Crippen molar-refractivity contribution in [1.29, 1.82) is 0 Å². The molecule has 0 aromatic heterocycles. The summed E-state index contributed by atoms with van der Waals surface area (Å²) in [6.45, 7) is 1.85. The number of nitrogens with zero attached hydrogens (tertiary/aromatic N) is 2. The molecule has 1 N–H and O–H groups in total. The Bertz CT molecular complexity index is 1500. The summed E-state index contributed by atoms with van der Waals surface area (Å²) in [6.07, 6.45) is 1.56. The van der Waals surface area contributed by atoms with Crippen LogP contribution in [0.15, 0.2) is 81.5 Å². The number of halogens is 1. The molecule has 9 nitrogen and oxygen atoms in total. The Morgan fingerprint density at radius 3 is 2.54 bits per heavy atom. The average molecular weight is 530 g/mol. The number of benzene rings is 3. The molecule has 1 amide bonds. The zero-order chi connectivity index (χ0) is 25.2. The molecule has 0 aliphatic carbocycles. The normalized spacial score (nSPS) is 15.9. The first-order valence-corrected chi connectivity index (χ1v) is 12.6. The number of rotatable bonds is 6. The minimum Gasteiger partial charge on any atom is -0.379 e. The van der Waals surface area contributed by atoms with E-state index >= 15 is 0 Å². The number of nitrogens with one attached hydrogen (secondary N) is 1. The number of thioether (sulfide) groups is 1. The van der Waals surface area contributed by atoms with Crippen molar-refractivity contribution >= 4 is 62.0 Å². The van der Waals surface area contributed by atoms with Crippen LogP contribution in [0.2, 0.25) is 5.02 Å². The quantitative estimate of drug-likeness (QED) is 0.201. The van der Waals surface area contributed by atoms with Gasteiger partial charge in [-0.05, 0) is 60.7 Å². The summed E-state index contributed by atoms with van der Waals surface area (Å²) in [7, 11) is -4.02. The van der Waals surface area contributed by atoms with Crippen molar-refractivity contribution in [1.82, 2.24) is 5.32 Å². The van der Waals surface area contributed by atoms with Gasteiger partial charge < -0.3 is 9.50 Å². The Morgan fingerprint density at radius 1 is 1.11 bits per heavy atom. The summed E-state index contributed by atoms with van der Waals surface area (Å²) in [5.41, 5.74) is 1.55. The third kappa shape index (κ3) is 5.88. The van der Waals surface area contributed by atoms with E-state index in [-0.39, 0.29) is 32.2 Å². The number of hydrogen-bond donors (Lipinski definition) is 1. The minimum atomic E-state index is -4.02. The van der Waals surface area contributed by atoms with Crippen molar-refractivity contribution < 1.29 is 22.3 Å². The Kier molecular flexibility index (Phi) is 6.92. The summed E-state index contributed by atoms with van der Waals surface area (Å²) < 4.78 is 30.4. The molecule has 3 aromatic rings. The highest BCUT2D eigenvalue weighted by atomic mass is 35.5. The van der Waals surface area contributed by atoms with E-state index < -0.39 is 20.9 Å². The SMILES string of the molecule is Cc1ccc(S(=O)(=O)Oc2cccc(/C=C3/SC(=Nc4ccc([N+](=O)[O-])cc4Cl)NC3=O)c2)cc1. The maximum atomic E-state index is 12.6. The third-order valence-electron chi connectivity index (χ3n) is 4.69. The van der Waals surface area contributed by atoms with Gasteiger partial charge in [0, 0.05) is 12.1 Å². The van der Waals surface area contributed by atoms with E-state index in [2.05, 4.69) is 10.3 Å². The molecule has 3 aromatic carbocycles. The van der Waals surface area contributed by atoms with E-state index in [1.165, 1.54) is 42.5 Å². The van der Waals surface area contributed by atoms with E-state index in [0.717, 1.165) is 17.3 Å². The van der Waals surface area contributed by atoms with Gasteiger partial charge in [0.05, 0.1) is 20.5 Å². The van der Waals surface area contributed by atoms with Gasteiger partial charge in [0.2, 0.25) is 0 Å². The lowest BCUT2D eigenvalue weighted by molar-refractivity contribution is -0.384. The second-order valence-corrected chi connectivity index (χ2v) is 10.3. The van der Waals surface area contributed by atoms with Gasteiger partial charge in [0.25, 0.3) is 11.6 Å². The maximum absolute atomic E-state index is 12.6. The van der Waals surface area contributed by atoms with Crippen molar-refractivity contribution in [3.63, 3.8) is 0 Å². The number of amides is 1. The summed E-state index contributed by atoms with van der Waals surface area (Å²) in [4.78, 5) is 27.3. The lowest BCUT2D eigenvalue weighted by Crippen LogP contribution is -2.19.